The first-order chi connectivity index (χ1) is 16.7. The predicted octanol–water partition coefficient (Wildman–Crippen LogP) is 4.04. The van der Waals surface area contributed by atoms with E-state index in [4.69, 9.17) is 0 Å². The molecule has 1 saturated heterocycles. The highest BCUT2D eigenvalue weighted by molar-refractivity contribution is 9.10. The summed E-state index contributed by atoms with van der Waals surface area (Å²) in [4.78, 5) is 19.5. The Kier molecular flexibility index (Phi) is 8.05. The van der Waals surface area contributed by atoms with E-state index >= 15 is 0 Å². The van der Waals surface area contributed by atoms with Gasteiger partial charge in [-0.2, -0.15) is 0 Å². The predicted molar refractivity (Wildman–Crippen MR) is 142 cm³/mol. The summed E-state index contributed by atoms with van der Waals surface area (Å²) in [5.74, 6) is 0. The fourth-order valence-corrected chi connectivity index (χ4v) is 6.37. The number of likely N-dealkylation sites (tertiary alicyclic amines) is 1. The number of rotatable bonds is 8. The molecule has 0 bridgehead atoms. The summed E-state index contributed by atoms with van der Waals surface area (Å²) >= 11 is 3.41. The van der Waals surface area contributed by atoms with Gasteiger partial charge in [0.25, 0.3) is 0 Å². The Morgan fingerprint density at radius 3 is 2.80 bits per heavy atom. The smallest absolute Gasteiger partial charge is 0.319 e. The number of benzene rings is 2. The second-order valence-corrected chi connectivity index (χ2v) is 11.3. The van der Waals surface area contributed by atoms with Crippen molar-refractivity contribution in [1.29, 1.82) is 0 Å². The first-order valence-corrected chi connectivity index (χ1v) is 14.0. The van der Waals surface area contributed by atoms with Gasteiger partial charge in [-0.25, -0.2) is 17.9 Å². The molecular weight excluding hydrogens is 530 g/mol. The SMILES string of the molecule is CCc1cc(Br)ccc1S(=O)(=O)NC1CCN(CCNC(=O)Nc2cc(C)nc3ccccc23)C1. The highest BCUT2D eigenvalue weighted by atomic mass is 79.9. The molecule has 0 radical (unpaired) electrons. The Hall–Kier alpha value is -2.53. The summed E-state index contributed by atoms with van der Waals surface area (Å²) in [6.07, 6.45) is 1.36. The number of para-hydroxylation sites is 1. The van der Waals surface area contributed by atoms with Crippen LogP contribution in [0.3, 0.4) is 0 Å². The molecule has 1 aliphatic rings. The number of pyridine rings is 1. The second kappa shape index (κ2) is 11.0. The van der Waals surface area contributed by atoms with E-state index in [0.717, 1.165) is 45.3 Å². The molecule has 35 heavy (non-hydrogen) atoms. The number of fused-ring (bicyclic) bond motifs is 1. The molecule has 1 aromatic heterocycles. The van der Waals surface area contributed by atoms with Crippen molar-refractivity contribution in [2.75, 3.05) is 31.5 Å². The second-order valence-electron chi connectivity index (χ2n) is 8.72. The maximum Gasteiger partial charge on any atom is 0.319 e. The van der Waals surface area contributed by atoms with Crippen LogP contribution in [0.5, 0.6) is 0 Å². The molecule has 10 heteroatoms. The number of amides is 2. The Morgan fingerprint density at radius 2 is 2.00 bits per heavy atom. The van der Waals surface area contributed by atoms with E-state index in [2.05, 4.69) is 41.2 Å². The summed E-state index contributed by atoms with van der Waals surface area (Å²) in [5, 5.41) is 6.71. The number of aryl methyl sites for hydroxylation is 2. The number of sulfonamides is 1. The number of aromatic nitrogens is 1. The van der Waals surface area contributed by atoms with Gasteiger partial charge < -0.3 is 10.6 Å². The van der Waals surface area contributed by atoms with Crippen LogP contribution in [0.15, 0.2) is 57.9 Å². The minimum absolute atomic E-state index is 0.159. The molecule has 0 aliphatic carbocycles. The van der Waals surface area contributed by atoms with Crippen molar-refractivity contribution in [2.45, 2.75) is 37.6 Å². The molecule has 3 aromatic rings. The molecule has 1 unspecified atom stereocenters. The number of anilines is 1. The molecule has 186 valence electrons. The number of hydrogen-bond acceptors (Lipinski definition) is 5. The average molecular weight is 561 g/mol. The van der Waals surface area contributed by atoms with Crippen LogP contribution >= 0.6 is 15.9 Å². The van der Waals surface area contributed by atoms with Crippen LogP contribution in [0.2, 0.25) is 0 Å². The lowest BCUT2D eigenvalue weighted by Crippen LogP contribution is -2.39. The lowest BCUT2D eigenvalue weighted by molar-refractivity contribution is 0.249. The van der Waals surface area contributed by atoms with E-state index in [-0.39, 0.29) is 12.1 Å². The molecule has 0 spiro atoms. The van der Waals surface area contributed by atoms with Crippen LogP contribution in [0, 0.1) is 6.92 Å². The van der Waals surface area contributed by atoms with Crippen molar-refractivity contribution in [3.8, 4) is 0 Å². The lowest BCUT2D eigenvalue weighted by Gasteiger charge is -2.18. The third-order valence-electron chi connectivity index (χ3n) is 6.09. The minimum Gasteiger partial charge on any atom is -0.337 e. The number of halogens is 1. The van der Waals surface area contributed by atoms with Crippen molar-refractivity contribution in [2.24, 2.45) is 0 Å². The van der Waals surface area contributed by atoms with Crippen LogP contribution in [0.25, 0.3) is 10.9 Å². The third kappa shape index (κ3) is 6.38. The Morgan fingerprint density at radius 1 is 1.20 bits per heavy atom. The van der Waals surface area contributed by atoms with E-state index in [1.165, 1.54) is 0 Å². The summed E-state index contributed by atoms with van der Waals surface area (Å²) < 4.78 is 29.7. The molecule has 8 nitrogen and oxygen atoms in total. The summed E-state index contributed by atoms with van der Waals surface area (Å²) in [7, 11) is -3.60. The molecule has 1 atom stereocenters. The fourth-order valence-electron chi connectivity index (χ4n) is 4.41. The molecule has 1 fully saturated rings. The Balaban J connectivity index is 1.27. The van der Waals surface area contributed by atoms with Gasteiger partial charge in [-0.1, -0.05) is 41.1 Å². The molecule has 2 aromatic carbocycles. The number of carbonyl (C=O) groups is 1. The summed E-state index contributed by atoms with van der Waals surface area (Å²) in [6.45, 7) is 6.31. The van der Waals surface area contributed by atoms with Gasteiger partial charge in [0.2, 0.25) is 10.0 Å². The molecule has 3 N–H and O–H groups in total. The Bertz CT molecular complexity index is 1330. The van der Waals surface area contributed by atoms with Gasteiger partial charge in [-0.05, 0) is 62.2 Å². The molecular formula is C25H30BrN5O3S. The van der Waals surface area contributed by atoms with Crippen molar-refractivity contribution in [3.05, 3.63) is 64.3 Å². The van der Waals surface area contributed by atoms with Crippen LogP contribution in [0.4, 0.5) is 10.5 Å². The normalized spacial score (nSPS) is 16.5. The zero-order valence-corrected chi connectivity index (χ0v) is 22.2. The number of urea groups is 1. The van der Waals surface area contributed by atoms with Gasteiger partial charge >= 0.3 is 6.03 Å². The highest BCUT2D eigenvalue weighted by Crippen LogP contribution is 2.24. The summed E-state index contributed by atoms with van der Waals surface area (Å²) in [6, 6.07) is 14.4. The van der Waals surface area contributed by atoms with E-state index in [1.54, 1.807) is 12.1 Å². The quantitative estimate of drug-likeness (QED) is 0.386. The number of hydrogen-bond donors (Lipinski definition) is 3. The molecule has 2 heterocycles. The van der Waals surface area contributed by atoms with Crippen molar-refractivity contribution >= 4 is 48.6 Å². The third-order valence-corrected chi connectivity index (χ3v) is 8.21. The Labute approximate surface area is 214 Å². The van der Waals surface area contributed by atoms with Crippen molar-refractivity contribution in [1.82, 2.24) is 19.9 Å². The van der Waals surface area contributed by atoms with Crippen LogP contribution in [-0.4, -0.2) is 56.6 Å². The molecule has 0 saturated carbocycles. The number of nitrogens with zero attached hydrogens (tertiary/aromatic N) is 2. The number of carbonyl (C=O) groups excluding carboxylic acids is 1. The molecule has 4 rings (SSSR count). The lowest BCUT2D eigenvalue weighted by atomic mass is 10.1. The first kappa shape index (κ1) is 25.6. The van der Waals surface area contributed by atoms with Crippen molar-refractivity contribution in [3.63, 3.8) is 0 Å². The monoisotopic (exact) mass is 559 g/mol. The van der Waals surface area contributed by atoms with E-state index < -0.39 is 10.0 Å². The maximum absolute atomic E-state index is 13.0. The largest absolute Gasteiger partial charge is 0.337 e. The average Bonchev–Trinajstić information content (AvgIpc) is 3.25. The van der Waals surface area contributed by atoms with Gasteiger partial charge in [0.15, 0.2) is 0 Å². The standard InChI is InChI=1S/C25H30BrN5O3S/c1-3-18-15-19(26)8-9-24(18)35(33,34)30-20-10-12-31(16-20)13-11-27-25(32)29-23-14-17(2)28-22-7-5-4-6-21(22)23/h4-9,14-15,20,30H,3,10-13,16H2,1-2H3,(H2,27,28,29,32). The van der Waals surface area contributed by atoms with Crippen LogP contribution in [-0.2, 0) is 16.4 Å². The fraction of sp³-hybridized carbons (Fsp3) is 0.360. The molecule has 1 aliphatic heterocycles. The minimum atomic E-state index is -3.60. The highest BCUT2D eigenvalue weighted by Gasteiger charge is 2.28. The zero-order valence-electron chi connectivity index (χ0n) is 19.8. The van der Waals surface area contributed by atoms with Crippen LogP contribution in [0.1, 0.15) is 24.6 Å². The first-order valence-electron chi connectivity index (χ1n) is 11.7. The summed E-state index contributed by atoms with van der Waals surface area (Å²) in [5.41, 5.74) is 3.18. The van der Waals surface area contributed by atoms with Crippen molar-refractivity contribution < 1.29 is 13.2 Å². The van der Waals surface area contributed by atoms with E-state index in [1.807, 2.05) is 50.2 Å². The van der Waals surface area contributed by atoms with Gasteiger partial charge in [0.1, 0.15) is 0 Å². The zero-order chi connectivity index (χ0) is 25.0. The van der Waals surface area contributed by atoms with Gasteiger partial charge in [-0.3, -0.25) is 9.88 Å². The van der Waals surface area contributed by atoms with E-state index in [9.17, 15) is 13.2 Å². The van der Waals surface area contributed by atoms with Gasteiger partial charge in [0.05, 0.1) is 16.1 Å². The van der Waals surface area contributed by atoms with Gasteiger partial charge in [-0.15, -0.1) is 0 Å². The van der Waals surface area contributed by atoms with E-state index in [0.29, 0.717) is 31.0 Å². The topological polar surface area (TPSA) is 103 Å². The van der Waals surface area contributed by atoms with Crippen LogP contribution < -0.4 is 15.4 Å². The molecule has 2 amide bonds. The number of nitrogens with one attached hydrogen (secondary N) is 3. The van der Waals surface area contributed by atoms with Gasteiger partial charge in [0, 0.05) is 41.2 Å². The maximum atomic E-state index is 13.0.